The molecule has 0 spiro atoms. The predicted molar refractivity (Wildman–Crippen MR) is 142 cm³/mol. The lowest BCUT2D eigenvalue weighted by molar-refractivity contribution is 0.0690. The molecule has 0 aliphatic carbocycles. The monoisotopic (exact) mass is 464 g/mol. The number of H-pyrrole nitrogens is 1. The first-order valence-corrected chi connectivity index (χ1v) is 12.0. The van der Waals surface area contributed by atoms with Crippen LogP contribution in [0.2, 0.25) is 0 Å². The maximum absolute atomic E-state index is 12.1. The number of carbonyl (C=O) groups is 1. The molecule has 4 aromatic carbocycles. The lowest BCUT2D eigenvalue weighted by atomic mass is 10.0. The maximum atomic E-state index is 12.1. The topological polar surface area (TPSA) is 74.3 Å². The summed E-state index contributed by atoms with van der Waals surface area (Å²) in [5, 5.41) is 16.5. The number of hydrogen-bond donors (Lipinski definition) is 3. The highest BCUT2D eigenvalue weighted by Crippen LogP contribution is 2.32. The minimum Gasteiger partial charge on any atom is -0.493 e. The van der Waals surface area contributed by atoms with Crippen LogP contribution >= 0.6 is 0 Å². The van der Waals surface area contributed by atoms with E-state index in [9.17, 15) is 9.90 Å². The molecule has 0 aliphatic rings. The summed E-state index contributed by atoms with van der Waals surface area (Å²) in [5.41, 5.74) is 4.95. The smallest absolute Gasteiger partial charge is 0.352 e. The fourth-order valence-corrected chi connectivity index (χ4v) is 4.67. The Balaban J connectivity index is 1.38. The molecule has 0 radical (unpaired) electrons. The molecule has 0 unspecified atom stereocenters. The number of aryl methyl sites for hydroxylation is 2. The van der Waals surface area contributed by atoms with E-state index in [4.69, 9.17) is 4.74 Å². The summed E-state index contributed by atoms with van der Waals surface area (Å²) in [5.74, 6) is -0.104. The minimum atomic E-state index is -0.953. The summed E-state index contributed by atoms with van der Waals surface area (Å²) >= 11 is 0. The summed E-state index contributed by atoms with van der Waals surface area (Å²) in [4.78, 5) is 15.2. The Kier molecular flexibility index (Phi) is 6.40. The number of para-hydroxylation sites is 2. The van der Waals surface area contributed by atoms with Gasteiger partial charge in [-0.15, -0.1) is 0 Å². The van der Waals surface area contributed by atoms with Gasteiger partial charge in [0.2, 0.25) is 0 Å². The van der Waals surface area contributed by atoms with Gasteiger partial charge in [-0.1, -0.05) is 73.7 Å². The van der Waals surface area contributed by atoms with E-state index >= 15 is 0 Å². The third-order valence-corrected chi connectivity index (χ3v) is 6.40. The van der Waals surface area contributed by atoms with Gasteiger partial charge in [-0.05, 0) is 54.0 Å². The fourth-order valence-electron chi connectivity index (χ4n) is 4.67. The number of ether oxygens (including phenoxy) is 1. The fraction of sp³-hybridized carbons (Fsp3) is 0.167. The molecule has 5 rings (SSSR count). The van der Waals surface area contributed by atoms with Crippen molar-refractivity contribution in [3.8, 4) is 5.75 Å². The summed E-state index contributed by atoms with van der Waals surface area (Å²) in [6.07, 6.45) is 2.21. The van der Waals surface area contributed by atoms with Gasteiger partial charge in [-0.2, -0.15) is 0 Å². The lowest BCUT2D eigenvalue weighted by Crippen LogP contribution is -2.04. The Morgan fingerprint density at radius 2 is 1.60 bits per heavy atom. The van der Waals surface area contributed by atoms with Crippen LogP contribution in [-0.4, -0.2) is 22.7 Å². The predicted octanol–water partition coefficient (Wildman–Crippen LogP) is 7.34. The zero-order valence-corrected chi connectivity index (χ0v) is 19.7. The zero-order valence-electron chi connectivity index (χ0n) is 19.7. The van der Waals surface area contributed by atoms with E-state index in [1.165, 1.54) is 5.56 Å². The number of nitrogens with one attached hydrogen (secondary N) is 2. The number of aromatic amines is 1. The van der Waals surface area contributed by atoms with Gasteiger partial charge in [-0.25, -0.2) is 4.79 Å². The number of hydrogen-bond acceptors (Lipinski definition) is 3. The highest BCUT2D eigenvalue weighted by atomic mass is 16.5. The molecule has 5 nitrogen and oxygen atoms in total. The Morgan fingerprint density at radius 1 is 0.886 bits per heavy atom. The number of aromatic carboxylic acids is 1. The SMILES string of the molecule is CCc1ccccc1Nc1cccc2c(CCCOc3cccc4ccccc34)c(C(=O)O)[nH]c12. The van der Waals surface area contributed by atoms with E-state index in [0.717, 1.165) is 50.8 Å². The van der Waals surface area contributed by atoms with Gasteiger partial charge in [0.25, 0.3) is 0 Å². The maximum Gasteiger partial charge on any atom is 0.352 e. The van der Waals surface area contributed by atoms with Crippen LogP contribution in [0.3, 0.4) is 0 Å². The number of anilines is 2. The van der Waals surface area contributed by atoms with Gasteiger partial charge < -0.3 is 20.1 Å². The first-order chi connectivity index (χ1) is 17.2. The minimum absolute atomic E-state index is 0.239. The molecule has 0 saturated heterocycles. The van der Waals surface area contributed by atoms with Crippen molar-refractivity contribution in [3.05, 3.63) is 102 Å². The van der Waals surface area contributed by atoms with Crippen molar-refractivity contribution in [2.24, 2.45) is 0 Å². The average molecular weight is 465 g/mol. The molecule has 176 valence electrons. The van der Waals surface area contributed by atoms with Crippen molar-refractivity contribution in [1.29, 1.82) is 0 Å². The van der Waals surface area contributed by atoms with Crippen LogP contribution in [0.1, 0.15) is 35.0 Å². The Labute approximate surface area is 204 Å². The van der Waals surface area contributed by atoms with E-state index in [1.54, 1.807) is 0 Å². The molecule has 0 fully saturated rings. The van der Waals surface area contributed by atoms with Gasteiger partial charge in [0, 0.05) is 16.5 Å². The molecule has 0 bridgehead atoms. The molecule has 0 aliphatic heterocycles. The zero-order chi connectivity index (χ0) is 24.2. The van der Waals surface area contributed by atoms with Gasteiger partial charge in [0.15, 0.2) is 0 Å². The molecule has 3 N–H and O–H groups in total. The molecular weight excluding hydrogens is 436 g/mol. The summed E-state index contributed by atoms with van der Waals surface area (Å²) in [6, 6.07) is 28.3. The Hall–Kier alpha value is -4.25. The van der Waals surface area contributed by atoms with Crippen LogP contribution in [0, 0.1) is 0 Å². The van der Waals surface area contributed by atoms with Crippen LogP contribution in [0.5, 0.6) is 5.75 Å². The molecular formula is C30H28N2O3. The lowest BCUT2D eigenvalue weighted by Gasteiger charge is -2.12. The largest absolute Gasteiger partial charge is 0.493 e. The number of carboxylic acid groups (broad SMARTS) is 1. The first-order valence-electron chi connectivity index (χ1n) is 12.0. The molecule has 0 saturated carbocycles. The molecule has 0 atom stereocenters. The number of carboxylic acids is 1. The highest BCUT2D eigenvalue weighted by molar-refractivity contribution is 6.02. The van der Waals surface area contributed by atoms with Crippen molar-refractivity contribution in [2.45, 2.75) is 26.2 Å². The second-order valence-corrected chi connectivity index (χ2v) is 8.58. The van der Waals surface area contributed by atoms with Crippen LogP contribution in [0.25, 0.3) is 21.7 Å². The van der Waals surface area contributed by atoms with Gasteiger partial charge >= 0.3 is 5.97 Å². The highest BCUT2D eigenvalue weighted by Gasteiger charge is 2.19. The van der Waals surface area contributed by atoms with Gasteiger partial charge in [0.1, 0.15) is 11.4 Å². The number of benzene rings is 4. The number of aromatic nitrogens is 1. The molecule has 0 amide bonds. The molecule has 35 heavy (non-hydrogen) atoms. The Morgan fingerprint density at radius 3 is 2.46 bits per heavy atom. The number of rotatable bonds is 9. The first kappa shape index (κ1) is 22.5. The van der Waals surface area contributed by atoms with E-state index in [1.807, 2.05) is 60.7 Å². The van der Waals surface area contributed by atoms with Crippen molar-refractivity contribution >= 4 is 39.0 Å². The third kappa shape index (κ3) is 4.58. The summed E-state index contributed by atoms with van der Waals surface area (Å²) in [6.45, 7) is 2.62. The average Bonchev–Trinajstić information content (AvgIpc) is 3.27. The summed E-state index contributed by atoms with van der Waals surface area (Å²) < 4.78 is 6.09. The van der Waals surface area contributed by atoms with E-state index in [-0.39, 0.29) is 5.69 Å². The molecule has 5 heteroatoms. The van der Waals surface area contributed by atoms with Crippen LogP contribution in [0.4, 0.5) is 11.4 Å². The van der Waals surface area contributed by atoms with Crippen LogP contribution in [0.15, 0.2) is 84.9 Å². The molecule has 1 heterocycles. The second kappa shape index (κ2) is 9.94. The van der Waals surface area contributed by atoms with E-state index in [2.05, 4.69) is 41.5 Å². The van der Waals surface area contributed by atoms with Gasteiger partial charge in [0.05, 0.1) is 17.8 Å². The van der Waals surface area contributed by atoms with Crippen molar-refractivity contribution in [2.75, 3.05) is 11.9 Å². The van der Waals surface area contributed by atoms with E-state index < -0.39 is 5.97 Å². The molecule has 5 aromatic rings. The van der Waals surface area contributed by atoms with Gasteiger partial charge in [-0.3, -0.25) is 0 Å². The number of fused-ring (bicyclic) bond motifs is 2. The quantitative estimate of drug-likeness (QED) is 0.200. The molecule has 1 aromatic heterocycles. The van der Waals surface area contributed by atoms with Crippen molar-refractivity contribution in [3.63, 3.8) is 0 Å². The van der Waals surface area contributed by atoms with Crippen LogP contribution in [-0.2, 0) is 12.8 Å². The van der Waals surface area contributed by atoms with Crippen LogP contribution < -0.4 is 10.1 Å². The Bertz CT molecular complexity index is 1500. The third-order valence-electron chi connectivity index (χ3n) is 6.40. The standard InChI is InChI=1S/C30H28N2O3/c1-2-20-10-4-6-16-25(20)31-26-17-8-14-23-24(29(30(33)34)32-28(23)26)15-9-19-35-27-18-7-12-21-11-3-5-13-22(21)27/h3-8,10-14,16-18,31-32H,2,9,15,19H2,1H3,(H,33,34). The second-order valence-electron chi connectivity index (χ2n) is 8.58. The van der Waals surface area contributed by atoms with Crippen molar-refractivity contribution in [1.82, 2.24) is 4.98 Å². The van der Waals surface area contributed by atoms with E-state index in [0.29, 0.717) is 19.4 Å². The summed E-state index contributed by atoms with van der Waals surface area (Å²) in [7, 11) is 0. The van der Waals surface area contributed by atoms with Crippen molar-refractivity contribution < 1.29 is 14.6 Å². The normalized spacial score (nSPS) is 11.1.